The molecule has 0 saturated carbocycles. The Kier molecular flexibility index (Phi) is 7.38. The van der Waals surface area contributed by atoms with Gasteiger partial charge in [0.15, 0.2) is 17.5 Å². The average molecular weight is 717 g/mol. The zero-order chi connectivity index (χ0) is 37.0. The van der Waals surface area contributed by atoms with Gasteiger partial charge in [0, 0.05) is 56.0 Å². The SMILES string of the molecule is c1ccc(-c2nc(-c3ccccc3)nc(-c3ccc(-n4c5ccccc5c5cccc(-c6ccc7c(c6)c6ncccc6n7-c6ccccc6)c54)cc3)n2)cc1. The van der Waals surface area contributed by atoms with E-state index >= 15 is 0 Å². The molecule has 0 aliphatic heterocycles. The Morgan fingerprint density at radius 1 is 0.339 bits per heavy atom. The van der Waals surface area contributed by atoms with Gasteiger partial charge in [-0.2, -0.15) is 0 Å². The predicted molar refractivity (Wildman–Crippen MR) is 228 cm³/mol. The van der Waals surface area contributed by atoms with Crippen molar-refractivity contribution in [3.8, 4) is 56.7 Å². The molecule has 4 aromatic heterocycles. The summed E-state index contributed by atoms with van der Waals surface area (Å²) in [5, 5.41) is 3.52. The smallest absolute Gasteiger partial charge is 0.164 e. The van der Waals surface area contributed by atoms with Crippen LogP contribution in [-0.2, 0) is 0 Å². The third-order valence-electron chi connectivity index (χ3n) is 10.6. The zero-order valence-corrected chi connectivity index (χ0v) is 30.2. The molecule has 0 atom stereocenters. The largest absolute Gasteiger partial charge is 0.309 e. The third-order valence-corrected chi connectivity index (χ3v) is 10.6. The van der Waals surface area contributed by atoms with Gasteiger partial charge in [0.2, 0.25) is 0 Å². The van der Waals surface area contributed by atoms with Crippen LogP contribution in [0.1, 0.15) is 0 Å². The number of para-hydroxylation sites is 3. The van der Waals surface area contributed by atoms with Crippen molar-refractivity contribution < 1.29 is 0 Å². The molecule has 0 spiro atoms. The summed E-state index contributed by atoms with van der Waals surface area (Å²) >= 11 is 0. The second-order valence-corrected chi connectivity index (χ2v) is 13.9. The van der Waals surface area contributed by atoms with Gasteiger partial charge in [-0.3, -0.25) is 4.98 Å². The van der Waals surface area contributed by atoms with E-state index in [0.29, 0.717) is 17.5 Å². The van der Waals surface area contributed by atoms with Crippen molar-refractivity contribution in [1.29, 1.82) is 0 Å². The number of aromatic nitrogens is 6. The summed E-state index contributed by atoms with van der Waals surface area (Å²) in [7, 11) is 0. The van der Waals surface area contributed by atoms with E-state index in [0.717, 1.165) is 72.2 Å². The standard InChI is InChI=1S/C50H32N6/c1-4-14-33(15-5-1)48-52-49(34-16-6-2-7-17-34)54-50(53-48)35-25-28-38(29-26-35)56-43-23-11-10-20-40(43)41-22-12-21-39(47(41)56)36-27-30-44-42(32-36)46-45(24-13-31-51-46)55(44)37-18-8-3-9-19-37/h1-32H. The highest BCUT2D eigenvalue weighted by Crippen LogP contribution is 2.40. The van der Waals surface area contributed by atoms with E-state index in [-0.39, 0.29) is 0 Å². The molecular formula is C50H32N6. The molecule has 11 aromatic rings. The molecule has 56 heavy (non-hydrogen) atoms. The molecule has 262 valence electrons. The van der Waals surface area contributed by atoms with Crippen molar-refractivity contribution in [3.63, 3.8) is 0 Å². The van der Waals surface area contributed by atoms with Gasteiger partial charge in [-0.25, -0.2) is 15.0 Å². The van der Waals surface area contributed by atoms with Gasteiger partial charge in [-0.15, -0.1) is 0 Å². The number of rotatable bonds is 6. The topological polar surface area (TPSA) is 61.4 Å². The Balaban J connectivity index is 1.08. The lowest BCUT2D eigenvalue weighted by atomic mass is 10.0. The van der Waals surface area contributed by atoms with Crippen LogP contribution in [0.25, 0.3) is 100 Å². The highest BCUT2D eigenvalue weighted by Gasteiger charge is 2.19. The zero-order valence-electron chi connectivity index (χ0n) is 30.2. The van der Waals surface area contributed by atoms with Crippen LogP contribution in [-0.4, -0.2) is 29.1 Å². The molecule has 7 aromatic carbocycles. The second kappa shape index (κ2) is 13.0. The molecule has 11 rings (SSSR count). The molecule has 0 bridgehead atoms. The van der Waals surface area contributed by atoms with Crippen molar-refractivity contribution >= 4 is 43.7 Å². The van der Waals surface area contributed by atoms with Gasteiger partial charge in [0.25, 0.3) is 0 Å². The van der Waals surface area contributed by atoms with Crippen molar-refractivity contribution in [2.24, 2.45) is 0 Å². The van der Waals surface area contributed by atoms with Crippen LogP contribution in [0.5, 0.6) is 0 Å². The number of nitrogens with zero attached hydrogens (tertiary/aromatic N) is 6. The summed E-state index contributed by atoms with van der Waals surface area (Å²) in [5.41, 5.74) is 12.8. The predicted octanol–water partition coefficient (Wildman–Crippen LogP) is 12.1. The molecule has 0 unspecified atom stereocenters. The van der Waals surface area contributed by atoms with Crippen LogP contribution in [0.15, 0.2) is 194 Å². The minimum Gasteiger partial charge on any atom is -0.309 e. The van der Waals surface area contributed by atoms with Crippen LogP contribution in [0, 0.1) is 0 Å². The first-order valence-electron chi connectivity index (χ1n) is 18.7. The lowest BCUT2D eigenvalue weighted by Crippen LogP contribution is -2.00. The highest BCUT2D eigenvalue weighted by molar-refractivity contribution is 6.15. The first-order chi connectivity index (χ1) is 27.8. The quantitative estimate of drug-likeness (QED) is 0.172. The molecule has 0 amide bonds. The van der Waals surface area contributed by atoms with Crippen molar-refractivity contribution in [2.45, 2.75) is 0 Å². The minimum atomic E-state index is 0.628. The molecule has 0 saturated heterocycles. The molecular weight excluding hydrogens is 685 g/mol. The molecule has 6 heteroatoms. The Labute approximate surface area is 322 Å². The average Bonchev–Trinajstić information content (AvgIpc) is 3.80. The monoisotopic (exact) mass is 716 g/mol. The Morgan fingerprint density at radius 2 is 0.875 bits per heavy atom. The lowest BCUT2D eigenvalue weighted by molar-refractivity contribution is 1.07. The van der Waals surface area contributed by atoms with Crippen molar-refractivity contribution in [3.05, 3.63) is 194 Å². The number of pyridine rings is 1. The summed E-state index contributed by atoms with van der Waals surface area (Å²) in [6.07, 6.45) is 1.88. The molecule has 6 nitrogen and oxygen atoms in total. The van der Waals surface area contributed by atoms with Crippen LogP contribution in [0.4, 0.5) is 0 Å². The van der Waals surface area contributed by atoms with E-state index in [9.17, 15) is 0 Å². The van der Waals surface area contributed by atoms with Crippen LogP contribution >= 0.6 is 0 Å². The molecule has 4 heterocycles. The Morgan fingerprint density at radius 3 is 1.57 bits per heavy atom. The Bertz CT molecular complexity index is 3160. The number of hydrogen-bond acceptors (Lipinski definition) is 4. The summed E-state index contributed by atoms with van der Waals surface area (Å²) in [4.78, 5) is 19.7. The minimum absolute atomic E-state index is 0.628. The summed E-state index contributed by atoms with van der Waals surface area (Å²) in [6, 6.07) is 65.5. The fourth-order valence-corrected chi connectivity index (χ4v) is 8.07. The third kappa shape index (κ3) is 5.19. The van der Waals surface area contributed by atoms with Gasteiger partial charge in [-0.1, -0.05) is 121 Å². The molecule has 0 radical (unpaired) electrons. The van der Waals surface area contributed by atoms with E-state index in [2.05, 4.69) is 130 Å². The number of hydrogen-bond donors (Lipinski definition) is 0. The number of benzene rings is 7. The lowest BCUT2D eigenvalue weighted by Gasteiger charge is -2.13. The summed E-state index contributed by atoms with van der Waals surface area (Å²) in [5.74, 6) is 1.91. The van der Waals surface area contributed by atoms with Gasteiger partial charge in [0.1, 0.15) is 0 Å². The van der Waals surface area contributed by atoms with Gasteiger partial charge in [-0.05, 0) is 72.3 Å². The van der Waals surface area contributed by atoms with E-state index < -0.39 is 0 Å². The molecule has 0 N–H and O–H groups in total. The van der Waals surface area contributed by atoms with Crippen LogP contribution in [0.2, 0.25) is 0 Å². The molecule has 0 aliphatic carbocycles. The second-order valence-electron chi connectivity index (χ2n) is 13.9. The normalized spacial score (nSPS) is 11.6. The highest BCUT2D eigenvalue weighted by atomic mass is 15.0. The molecule has 0 fully saturated rings. The fraction of sp³-hybridized carbons (Fsp3) is 0. The number of fused-ring (bicyclic) bond motifs is 6. The maximum Gasteiger partial charge on any atom is 0.164 e. The van der Waals surface area contributed by atoms with Crippen molar-refractivity contribution in [2.75, 3.05) is 0 Å². The van der Waals surface area contributed by atoms with Crippen molar-refractivity contribution in [1.82, 2.24) is 29.1 Å². The van der Waals surface area contributed by atoms with Crippen LogP contribution in [0.3, 0.4) is 0 Å². The fourth-order valence-electron chi connectivity index (χ4n) is 8.07. The Hall–Kier alpha value is -7.70. The van der Waals surface area contributed by atoms with Crippen LogP contribution < -0.4 is 0 Å². The van der Waals surface area contributed by atoms with E-state index in [1.165, 1.54) is 10.8 Å². The first-order valence-corrected chi connectivity index (χ1v) is 18.7. The summed E-state index contributed by atoms with van der Waals surface area (Å²) < 4.78 is 4.69. The van der Waals surface area contributed by atoms with Gasteiger partial charge < -0.3 is 9.13 Å². The van der Waals surface area contributed by atoms with E-state index in [1.54, 1.807) is 0 Å². The van der Waals surface area contributed by atoms with Gasteiger partial charge >= 0.3 is 0 Å². The maximum atomic E-state index is 4.98. The van der Waals surface area contributed by atoms with Gasteiger partial charge in [0.05, 0.1) is 27.6 Å². The van der Waals surface area contributed by atoms with E-state index in [4.69, 9.17) is 19.9 Å². The summed E-state index contributed by atoms with van der Waals surface area (Å²) in [6.45, 7) is 0. The molecule has 0 aliphatic rings. The first kappa shape index (κ1) is 31.8. The maximum absolute atomic E-state index is 4.98. The van der Waals surface area contributed by atoms with E-state index in [1.807, 2.05) is 72.9 Å².